The maximum absolute atomic E-state index is 11.7. The molecule has 2 fully saturated rings. The molecule has 0 bridgehead atoms. The van der Waals surface area contributed by atoms with Gasteiger partial charge in [0.1, 0.15) is 6.61 Å². The van der Waals surface area contributed by atoms with Crippen LogP contribution in [0.2, 0.25) is 0 Å². The van der Waals surface area contributed by atoms with Crippen LogP contribution in [0, 0.1) is 0 Å². The zero-order chi connectivity index (χ0) is 13.9. The van der Waals surface area contributed by atoms with Gasteiger partial charge in [0.05, 0.1) is 18.3 Å². The molecule has 2 heterocycles. The molecule has 0 aromatic heterocycles. The van der Waals surface area contributed by atoms with E-state index >= 15 is 0 Å². The summed E-state index contributed by atoms with van der Waals surface area (Å²) in [5.41, 5.74) is -0.276. The van der Waals surface area contributed by atoms with Crippen LogP contribution < -0.4 is 5.32 Å². The van der Waals surface area contributed by atoms with Gasteiger partial charge in [0, 0.05) is 19.1 Å². The number of ether oxygens (including phenoxy) is 2. The van der Waals surface area contributed by atoms with Crippen LogP contribution in [0.1, 0.15) is 33.6 Å². The van der Waals surface area contributed by atoms with Crippen molar-refractivity contribution in [3.8, 4) is 0 Å². The smallest absolute Gasteiger partial charge is 0.246 e. The molecule has 1 amide bonds. The Morgan fingerprint density at radius 3 is 3.00 bits per heavy atom. The summed E-state index contributed by atoms with van der Waals surface area (Å²) in [4.78, 5) is 14.1. The third-order valence-corrected chi connectivity index (χ3v) is 3.62. The topological polar surface area (TPSA) is 50.8 Å². The van der Waals surface area contributed by atoms with Crippen LogP contribution in [0.15, 0.2) is 0 Å². The summed E-state index contributed by atoms with van der Waals surface area (Å²) in [6.07, 6.45) is 2.64. The molecule has 2 aliphatic heterocycles. The number of carbonyl (C=O) groups is 1. The maximum Gasteiger partial charge on any atom is 0.246 e. The Balaban J connectivity index is 1.64. The highest BCUT2D eigenvalue weighted by Gasteiger charge is 2.32. The van der Waals surface area contributed by atoms with E-state index in [2.05, 4.69) is 10.2 Å². The van der Waals surface area contributed by atoms with Gasteiger partial charge in [-0.3, -0.25) is 9.69 Å². The van der Waals surface area contributed by atoms with Crippen molar-refractivity contribution in [2.45, 2.75) is 51.4 Å². The fourth-order valence-electron chi connectivity index (χ4n) is 2.57. The lowest BCUT2D eigenvalue weighted by atomic mass is 10.2. The van der Waals surface area contributed by atoms with E-state index in [1.807, 2.05) is 20.8 Å². The van der Waals surface area contributed by atoms with E-state index < -0.39 is 0 Å². The van der Waals surface area contributed by atoms with Crippen LogP contribution in [-0.2, 0) is 14.3 Å². The minimum atomic E-state index is -0.276. The van der Waals surface area contributed by atoms with Gasteiger partial charge in [-0.15, -0.1) is 0 Å². The Morgan fingerprint density at radius 2 is 2.26 bits per heavy atom. The standard InChI is InChI=1S/C14H26N2O3/c1-14(2,3)19-10-13(17)15-7-12-8-16-6-4-5-11(16)9-18-12/h11-12H,4-10H2,1-3H3,(H,15,17). The molecule has 5 nitrogen and oxygen atoms in total. The number of hydrogen-bond donors (Lipinski definition) is 1. The minimum absolute atomic E-state index is 0.0675. The number of morpholine rings is 1. The van der Waals surface area contributed by atoms with Crippen molar-refractivity contribution in [2.24, 2.45) is 0 Å². The number of carbonyl (C=O) groups excluding carboxylic acids is 1. The summed E-state index contributed by atoms with van der Waals surface area (Å²) >= 11 is 0. The Hall–Kier alpha value is -0.650. The largest absolute Gasteiger partial charge is 0.373 e. The van der Waals surface area contributed by atoms with Crippen molar-refractivity contribution in [3.63, 3.8) is 0 Å². The van der Waals surface area contributed by atoms with Crippen molar-refractivity contribution in [3.05, 3.63) is 0 Å². The number of nitrogens with one attached hydrogen (secondary N) is 1. The fourth-order valence-corrected chi connectivity index (χ4v) is 2.57. The lowest BCUT2D eigenvalue weighted by molar-refractivity contribution is -0.131. The monoisotopic (exact) mass is 270 g/mol. The zero-order valence-electron chi connectivity index (χ0n) is 12.3. The fraction of sp³-hybridized carbons (Fsp3) is 0.929. The maximum atomic E-state index is 11.7. The molecule has 0 saturated carbocycles. The second kappa shape index (κ2) is 6.20. The number of rotatable bonds is 4. The van der Waals surface area contributed by atoms with Gasteiger partial charge in [0.15, 0.2) is 0 Å². The number of nitrogens with zero attached hydrogens (tertiary/aromatic N) is 1. The molecule has 2 unspecified atom stereocenters. The predicted octanol–water partition coefficient (Wildman–Crippen LogP) is 0.781. The van der Waals surface area contributed by atoms with E-state index in [0.29, 0.717) is 12.6 Å². The summed E-state index contributed by atoms with van der Waals surface area (Å²) < 4.78 is 11.2. The van der Waals surface area contributed by atoms with Gasteiger partial charge in [0.25, 0.3) is 0 Å². The lowest BCUT2D eigenvalue weighted by Gasteiger charge is -2.35. The lowest BCUT2D eigenvalue weighted by Crippen LogP contribution is -2.50. The van der Waals surface area contributed by atoms with Gasteiger partial charge in [-0.2, -0.15) is 0 Å². The van der Waals surface area contributed by atoms with E-state index in [4.69, 9.17) is 9.47 Å². The predicted molar refractivity (Wildman–Crippen MR) is 73.0 cm³/mol. The van der Waals surface area contributed by atoms with Crippen LogP contribution in [0.3, 0.4) is 0 Å². The van der Waals surface area contributed by atoms with Gasteiger partial charge in [0.2, 0.25) is 5.91 Å². The first-order valence-electron chi connectivity index (χ1n) is 7.20. The van der Waals surface area contributed by atoms with E-state index in [1.54, 1.807) is 0 Å². The summed E-state index contributed by atoms with van der Waals surface area (Å²) in [6, 6.07) is 0.608. The molecule has 5 heteroatoms. The van der Waals surface area contributed by atoms with Gasteiger partial charge >= 0.3 is 0 Å². The van der Waals surface area contributed by atoms with Gasteiger partial charge in [-0.05, 0) is 40.2 Å². The molecular formula is C14H26N2O3. The minimum Gasteiger partial charge on any atom is -0.373 e. The van der Waals surface area contributed by atoms with Crippen molar-refractivity contribution >= 4 is 5.91 Å². The second-order valence-electron chi connectivity index (χ2n) is 6.45. The first-order valence-corrected chi connectivity index (χ1v) is 7.20. The van der Waals surface area contributed by atoms with Crippen molar-refractivity contribution in [1.82, 2.24) is 10.2 Å². The molecule has 2 aliphatic rings. The molecule has 19 heavy (non-hydrogen) atoms. The molecule has 0 radical (unpaired) electrons. The van der Waals surface area contributed by atoms with Crippen LogP contribution in [0.5, 0.6) is 0 Å². The molecule has 0 spiro atoms. The Kier molecular flexibility index (Phi) is 4.81. The van der Waals surface area contributed by atoms with Gasteiger partial charge < -0.3 is 14.8 Å². The van der Waals surface area contributed by atoms with E-state index in [9.17, 15) is 4.79 Å². The SMILES string of the molecule is CC(C)(C)OCC(=O)NCC1CN2CCCC2CO1. The molecule has 110 valence electrons. The second-order valence-corrected chi connectivity index (χ2v) is 6.45. The molecule has 2 rings (SSSR count). The van der Waals surface area contributed by atoms with Crippen molar-refractivity contribution < 1.29 is 14.3 Å². The molecule has 2 saturated heterocycles. The molecule has 0 aromatic carbocycles. The van der Waals surface area contributed by atoms with Gasteiger partial charge in [-0.25, -0.2) is 0 Å². The van der Waals surface area contributed by atoms with Crippen LogP contribution in [-0.4, -0.2) is 61.4 Å². The summed E-state index contributed by atoms with van der Waals surface area (Å²) in [7, 11) is 0. The molecular weight excluding hydrogens is 244 g/mol. The zero-order valence-corrected chi connectivity index (χ0v) is 12.3. The van der Waals surface area contributed by atoms with Crippen molar-refractivity contribution in [1.29, 1.82) is 0 Å². The third kappa shape index (κ3) is 4.75. The molecule has 0 aromatic rings. The molecule has 0 aliphatic carbocycles. The van der Waals surface area contributed by atoms with E-state index in [1.165, 1.54) is 19.4 Å². The highest BCUT2D eigenvalue weighted by Crippen LogP contribution is 2.22. The Labute approximate surface area is 115 Å². The Morgan fingerprint density at radius 1 is 1.47 bits per heavy atom. The van der Waals surface area contributed by atoms with Crippen LogP contribution in [0.25, 0.3) is 0 Å². The third-order valence-electron chi connectivity index (χ3n) is 3.62. The summed E-state index contributed by atoms with van der Waals surface area (Å²) in [6.45, 7) is 9.43. The first kappa shape index (κ1) is 14.8. The quantitative estimate of drug-likeness (QED) is 0.820. The highest BCUT2D eigenvalue weighted by molar-refractivity contribution is 5.77. The van der Waals surface area contributed by atoms with E-state index in [-0.39, 0.29) is 24.2 Å². The van der Waals surface area contributed by atoms with Crippen LogP contribution in [0.4, 0.5) is 0 Å². The molecule has 1 N–H and O–H groups in total. The van der Waals surface area contributed by atoms with E-state index in [0.717, 1.165) is 13.2 Å². The normalized spacial score (nSPS) is 28.2. The number of hydrogen-bond acceptors (Lipinski definition) is 4. The summed E-state index contributed by atoms with van der Waals surface area (Å²) in [5, 5.41) is 2.89. The summed E-state index contributed by atoms with van der Waals surface area (Å²) in [5.74, 6) is -0.0675. The van der Waals surface area contributed by atoms with Crippen molar-refractivity contribution in [2.75, 3.05) is 32.8 Å². The first-order chi connectivity index (χ1) is 8.94. The highest BCUT2D eigenvalue weighted by atomic mass is 16.5. The molecule has 2 atom stereocenters. The average Bonchev–Trinajstić information content (AvgIpc) is 2.80. The number of amides is 1. The average molecular weight is 270 g/mol. The van der Waals surface area contributed by atoms with Crippen LogP contribution >= 0.6 is 0 Å². The number of fused-ring (bicyclic) bond motifs is 1. The Bertz CT molecular complexity index is 314. The van der Waals surface area contributed by atoms with Gasteiger partial charge in [-0.1, -0.05) is 0 Å².